The van der Waals surface area contributed by atoms with Gasteiger partial charge in [-0.3, -0.25) is 0 Å². The Labute approximate surface area is 118 Å². The Kier molecular flexibility index (Phi) is 3.59. The van der Waals surface area contributed by atoms with Crippen molar-refractivity contribution >= 4 is 0 Å². The molecule has 1 fully saturated rings. The summed E-state index contributed by atoms with van der Waals surface area (Å²) >= 11 is 0. The summed E-state index contributed by atoms with van der Waals surface area (Å²) in [6.07, 6.45) is -2.31. The highest BCUT2D eigenvalue weighted by Crippen LogP contribution is 2.27. The van der Waals surface area contributed by atoms with Crippen molar-refractivity contribution in [1.29, 1.82) is 0 Å². The molecular weight excluding hydrogens is 285 g/mol. The lowest BCUT2D eigenvalue weighted by Gasteiger charge is -2.08. The van der Waals surface area contributed by atoms with Crippen LogP contribution >= 0.6 is 0 Å². The van der Waals surface area contributed by atoms with Crippen LogP contribution in [0.1, 0.15) is 18.5 Å². The monoisotopic (exact) mass is 298 g/mol. The number of nitrogens with zero attached hydrogens (tertiary/aromatic N) is 1. The molecule has 0 spiro atoms. The molecule has 1 saturated carbocycles. The SMILES string of the molecule is FC(F)(F)Oc1ccc(-c2cc(CNC3CC3)no2)cc1. The maximum Gasteiger partial charge on any atom is 0.573 e. The predicted octanol–water partition coefficient (Wildman–Crippen LogP) is 3.49. The maximum absolute atomic E-state index is 12.1. The number of aromatic nitrogens is 1. The van der Waals surface area contributed by atoms with E-state index in [-0.39, 0.29) is 5.75 Å². The first kappa shape index (κ1) is 13.9. The van der Waals surface area contributed by atoms with Gasteiger partial charge in [-0.1, -0.05) is 5.16 Å². The molecule has 1 aliphatic carbocycles. The summed E-state index contributed by atoms with van der Waals surface area (Å²) in [7, 11) is 0. The predicted molar refractivity (Wildman–Crippen MR) is 68.5 cm³/mol. The summed E-state index contributed by atoms with van der Waals surface area (Å²) in [5.41, 5.74) is 1.42. The molecule has 1 aromatic carbocycles. The van der Waals surface area contributed by atoms with Crippen LogP contribution in [0.4, 0.5) is 13.2 Å². The minimum absolute atomic E-state index is 0.263. The van der Waals surface area contributed by atoms with Crippen molar-refractivity contribution in [2.45, 2.75) is 31.8 Å². The summed E-state index contributed by atoms with van der Waals surface area (Å²) < 4.78 is 45.2. The molecule has 2 aromatic rings. The van der Waals surface area contributed by atoms with E-state index in [0.29, 0.717) is 23.9 Å². The number of hydrogen-bond donors (Lipinski definition) is 1. The van der Waals surface area contributed by atoms with Crippen LogP contribution in [0.25, 0.3) is 11.3 Å². The highest BCUT2D eigenvalue weighted by Gasteiger charge is 2.31. The number of ether oxygens (including phenoxy) is 1. The average molecular weight is 298 g/mol. The van der Waals surface area contributed by atoms with Gasteiger partial charge < -0.3 is 14.6 Å². The Morgan fingerprint density at radius 2 is 1.95 bits per heavy atom. The van der Waals surface area contributed by atoms with Crippen molar-refractivity contribution in [3.05, 3.63) is 36.0 Å². The van der Waals surface area contributed by atoms with Crippen LogP contribution in [-0.4, -0.2) is 17.6 Å². The molecule has 0 radical (unpaired) electrons. The lowest BCUT2D eigenvalue weighted by molar-refractivity contribution is -0.274. The van der Waals surface area contributed by atoms with Crippen LogP contribution in [0.2, 0.25) is 0 Å². The van der Waals surface area contributed by atoms with Crippen molar-refractivity contribution in [2.24, 2.45) is 0 Å². The number of rotatable bonds is 5. The number of benzene rings is 1. The van der Waals surface area contributed by atoms with Crippen LogP contribution in [0.15, 0.2) is 34.9 Å². The van der Waals surface area contributed by atoms with Crippen LogP contribution in [0.3, 0.4) is 0 Å². The van der Waals surface area contributed by atoms with Crippen LogP contribution < -0.4 is 10.1 Å². The third-order valence-electron chi connectivity index (χ3n) is 3.08. The molecular formula is C14H13F3N2O2. The first-order chi connectivity index (χ1) is 9.99. The summed E-state index contributed by atoms with van der Waals surface area (Å²) in [5.74, 6) is 0.252. The molecule has 4 nitrogen and oxygen atoms in total. The van der Waals surface area contributed by atoms with Gasteiger partial charge in [0.1, 0.15) is 5.75 Å². The lowest BCUT2D eigenvalue weighted by atomic mass is 10.1. The van der Waals surface area contributed by atoms with Crippen LogP contribution in [0, 0.1) is 0 Å². The average Bonchev–Trinajstić information content (AvgIpc) is 3.13. The van der Waals surface area contributed by atoms with Gasteiger partial charge in [0.05, 0.1) is 5.69 Å². The van der Waals surface area contributed by atoms with Gasteiger partial charge in [-0.05, 0) is 37.1 Å². The standard InChI is InChI=1S/C14H13F3N2O2/c15-14(16,17)20-12-5-1-9(2-6-12)13-7-11(19-21-13)8-18-10-3-4-10/h1-2,5-7,10,18H,3-4,8H2. The summed E-state index contributed by atoms with van der Waals surface area (Å²) in [5, 5.41) is 7.23. The second-order valence-electron chi connectivity index (χ2n) is 4.91. The molecule has 0 aliphatic heterocycles. The Hall–Kier alpha value is -2.02. The molecule has 0 amide bonds. The number of alkyl halides is 3. The molecule has 7 heteroatoms. The second kappa shape index (κ2) is 5.40. The fourth-order valence-corrected chi connectivity index (χ4v) is 1.89. The molecule has 21 heavy (non-hydrogen) atoms. The van der Waals surface area contributed by atoms with Gasteiger partial charge in [0, 0.05) is 24.2 Å². The molecule has 1 heterocycles. The highest BCUT2D eigenvalue weighted by molar-refractivity contribution is 5.58. The smallest absolute Gasteiger partial charge is 0.406 e. The van der Waals surface area contributed by atoms with E-state index in [2.05, 4.69) is 15.2 Å². The van der Waals surface area contributed by atoms with E-state index in [9.17, 15) is 13.2 Å². The third-order valence-corrected chi connectivity index (χ3v) is 3.08. The fourth-order valence-electron chi connectivity index (χ4n) is 1.89. The Morgan fingerprint density at radius 1 is 1.24 bits per heavy atom. The number of nitrogens with one attached hydrogen (secondary N) is 1. The van der Waals surface area contributed by atoms with E-state index in [1.165, 1.54) is 37.1 Å². The van der Waals surface area contributed by atoms with Gasteiger partial charge >= 0.3 is 6.36 Å². The molecule has 0 saturated heterocycles. The maximum atomic E-state index is 12.1. The number of halogens is 3. The Balaban J connectivity index is 1.65. The summed E-state index contributed by atoms with van der Waals surface area (Å²) in [4.78, 5) is 0. The Bertz CT molecular complexity index is 603. The normalized spacial score (nSPS) is 15.2. The largest absolute Gasteiger partial charge is 0.573 e. The zero-order chi connectivity index (χ0) is 14.9. The number of hydrogen-bond acceptors (Lipinski definition) is 4. The van der Waals surface area contributed by atoms with Crippen molar-refractivity contribution in [1.82, 2.24) is 10.5 Å². The molecule has 112 valence electrons. The van der Waals surface area contributed by atoms with Gasteiger partial charge in [-0.25, -0.2) is 0 Å². The highest BCUT2D eigenvalue weighted by atomic mass is 19.4. The van der Waals surface area contributed by atoms with E-state index in [4.69, 9.17) is 4.52 Å². The van der Waals surface area contributed by atoms with E-state index >= 15 is 0 Å². The second-order valence-corrected chi connectivity index (χ2v) is 4.91. The van der Waals surface area contributed by atoms with Gasteiger partial charge in [0.25, 0.3) is 0 Å². The van der Waals surface area contributed by atoms with Gasteiger partial charge in [-0.2, -0.15) is 0 Å². The fraction of sp³-hybridized carbons (Fsp3) is 0.357. The van der Waals surface area contributed by atoms with Crippen molar-refractivity contribution in [2.75, 3.05) is 0 Å². The first-order valence-corrected chi connectivity index (χ1v) is 6.55. The van der Waals surface area contributed by atoms with Crippen LogP contribution in [0.5, 0.6) is 5.75 Å². The third kappa shape index (κ3) is 3.98. The topological polar surface area (TPSA) is 47.3 Å². The van der Waals surface area contributed by atoms with Crippen molar-refractivity contribution < 1.29 is 22.4 Å². The van der Waals surface area contributed by atoms with E-state index in [1.54, 1.807) is 6.07 Å². The minimum atomic E-state index is -4.69. The molecule has 1 aromatic heterocycles. The summed E-state index contributed by atoms with van der Waals surface area (Å²) in [6.45, 7) is 0.628. The lowest BCUT2D eigenvalue weighted by Crippen LogP contribution is -2.16. The molecule has 0 atom stereocenters. The van der Waals surface area contributed by atoms with Gasteiger partial charge in [0.15, 0.2) is 5.76 Å². The first-order valence-electron chi connectivity index (χ1n) is 6.55. The molecule has 0 bridgehead atoms. The molecule has 0 unspecified atom stereocenters. The Morgan fingerprint density at radius 3 is 2.57 bits per heavy atom. The van der Waals surface area contributed by atoms with E-state index < -0.39 is 6.36 Å². The van der Waals surface area contributed by atoms with Gasteiger partial charge in [0.2, 0.25) is 0 Å². The van der Waals surface area contributed by atoms with Gasteiger partial charge in [-0.15, -0.1) is 13.2 Å². The minimum Gasteiger partial charge on any atom is -0.406 e. The van der Waals surface area contributed by atoms with Crippen molar-refractivity contribution in [3.8, 4) is 17.1 Å². The molecule has 3 rings (SSSR count). The zero-order valence-electron chi connectivity index (χ0n) is 11.0. The molecule has 1 N–H and O–H groups in total. The van der Waals surface area contributed by atoms with E-state index in [0.717, 1.165) is 5.69 Å². The van der Waals surface area contributed by atoms with E-state index in [1.807, 2.05) is 0 Å². The quantitative estimate of drug-likeness (QED) is 0.918. The summed E-state index contributed by atoms with van der Waals surface area (Å²) in [6, 6.07) is 7.83. The van der Waals surface area contributed by atoms with Crippen molar-refractivity contribution in [3.63, 3.8) is 0 Å². The zero-order valence-corrected chi connectivity index (χ0v) is 11.0. The molecule has 1 aliphatic rings. The van der Waals surface area contributed by atoms with Crippen LogP contribution in [-0.2, 0) is 6.54 Å².